The largest absolute Gasteiger partial charge is 0.489 e. The summed E-state index contributed by atoms with van der Waals surface area (Å²) in [7, 11) is 0. The van der Waals surface area contributed by atoms with Gasteiger partial charge in [0.1, 0.15) is 12.4 Å². The van der Waals surface area contributed by atoms with Crippen LogP contribution in [0.5, 0.6) is 5.75 Å². The standard InChI is InChI=1S/C23H16BrCl2N3OS/c24-18-7-4-16(5-8-18)22-14-31-23(28-22)29-27-12-15-2-1-3-20(10-15)30-13-17-6-9-19(25)11-21(17)26/h1-12,14H,13H2,(H,28,29)/b27-12-. The van der Waals surface area contributed by atoms with Crippen molar-refractivity contribution >= 4 is 61.8 Å². The molecular formula is C23H16BrCl2N3OS. The van der Waals surface area contributed by atoms with Crippen molar-refractivity contribution in [1.29, 1.82) is 0 Å². The zero-order valence-corrected chi connectivity index (χ0v) is 20.0. The van der Waals surface area contributed by atoms with Crippen LogP contribution >= 0.6 is 50.5 Å². The van der Waals surface area contributed by atoms with Crippen LogP contribution < -0.4 is 10.2 Å². The monoisotopic (exact) mass is 531 g/mol. The molecule has 4 aromatic rings. The summed E-state index contributed by atoms with van der Waals surface area (Å²) >= 11 is 17.1. The van der Waals surface area contributed by atoms with Crippen molar-refractivity contribution in [3.05, 3.63) is 97.8 Å². The van der Waals surface area contributed by atoms with Gasteiger partial charge in [-0.2, -0.15) is 5.10 Å². The van der Waals surface area contributed by atoms with Crippen molar-refractivity contribution < 1.29 is 4.74 Å². The van der Waals surface area contributed by atoms with Crippen molar-refractivity contribution in [1.82, 2.24) is 4.98 Å². The van der Waals surface area contributed by atoms with Crippen LogP contribution in [0.3, 0.4) is 0 Å². The topological polar surface area (TPSA) is 46.5 Å². The summed E-state index contributed by atoms with van der Waals surface area (Å²) in [5, 5.41) is 8.19. The number of benzene rings is 3. The molecular weight excluding hydrogens is 517 g/mol. The van der Waals surface area contributed by atoms with Crippen LogP contribution in [0.4, 0.5) is 5.13 Å². The van der Waals surface area contributed by atoms with Gasteiger partial charge in [-0.1, -0.05) is 69.5 Å². The van der Waals surface area contributed by atoms with E-state index in [0.717, 1.165) is 37.7 Å². The Hall–Kier alpha value is -2.38. The minimum absolute atomic E-state index is 0.354. The fourth-order valence-corrected chi connectivity index (χ4v) is 4.12. The number of nitrogens with one attached hydrogen (secondary N) is 1. The molecule has 0 spiro atoms. The van der Waals surface area contributed by atoms with Crippen LogP contribution in [0.25, 0.3) is 11.3 Å². The molecule has 156 valence electrons. The first-order chi connectivity index (χ1) is 15.1. The molecule has 4 rings (SSSR count). The summed E-state index contributed by atoms with van der Waals surface area (Å²) in [6, 6.07) is 21.0. The maximum absolute atomic E-state index is 6.20. The number of aromatic nitrogens is 1. The van der Waals surface area contributed by atoms with Crippen LogP contribution in [0.2, 0.25) is 10.0 Å². The normalized spacial score (nSPS) is 11.1. The Morgan fingerprint density at radius 3 is 2.71 bits per heavy atom. The zero-order valence-electron chi connectivity index (χ0n) is 16.1. The van der Waals surface area contributed by atoms with E-state index in [9.17, 15) is 0 Å². The highest BCUT2D eigenvalue weighted by Crippen LogP contribution is 2.26. The number of rotatable bonds is 7. The van der Waals surface area contributed by atoms with E-state index in [1.54, 1.807) is 18.3 Å². The van der Waals surface area contributed by atoms with Crippen LogP contribution in [-0.4, -0.2) is 11.2 Å². The van der Waals surface area contributed by atoms with Crippen molar-refractivity contribution in [3.8, 4) is 17.0 Å². The number of thiazole rings is 1. The number of halogens is 3. The molecule has 0 saturated carbocycles. The first kappa shape index (κ1) is 21.8. The van der Waals surface area contributed by atoms with Crippen molar-refractivity contribution in [2.45, 2.75) is 6.61 Å². The van der Waals surface area contributed by atoms with Gasteiger partial charge in [0.15, 0.2) is 0 Å². The maximum Gasteiger partial charge on any atom is 0.203 e. The molecule has 0 amide bonds. The lowest BCUT2D eigenvalue weighted by Crippen LogP contribution is -1.97. The number of nitrogens with zero attached hydrogens (tertiary/aromatic N) is 2. The first-order valence-electron chi connectivity index (χ1n) is 9.24. The second-order valence-corrected chi connectivity index (χ2v) is 9.13. The molecule has 0 unspecified atom stereocenters. The molecule has 0 atom stereocenters. The molecule has 0 radical (unpaired) electrons. The fraction of sp³-hybridized carbons (Fsp3) is 0.0435. The van der Waals surface area contributed by atoms with Gasteiger partial charge < -0.3 is 4.74 Å². The molecule has 1 aromatic heterocycles. The molecule has 3 aromatic carbocycles. The molecule has 0 bridgehead atoms. The van der Waals surface area contributed by atoms with Gasteiger partial charge >= 0.3 is 0 Å². The highest BCUT2D eigenvalue weighted by atomic mass is 79.9. The van der Waals surface area contributed by atoms with Crippen LogP contribution in [0.15, 0.2) is 81.7 Å². The van der Waals surface area contributed by atoms with E-state index in [2.05, 4.69) is 31.4 Å². The summed E-state index contributed by atoms with van der Waals surface area (Å²) in [6.07, 6.45) is 1.73. The molecule has 0 aliphatic heterocycles. The quantitative estimate of drug-likeness (QED) is 0.194. The van der Waals surface area contributed by atoms with E-state index in [4.69, 9.17) is 27.9 Å². The molecule has 8 heteroatoms. The predicted molar refractivity (Wildman–Crippen MR) is 134 cm³/mol. The molecule has 0 aliphatic carbocycles. The van der Waals surface area contributed by atoms with E-state index in [1.807, 2.05) is 60.0 Å². The van der Waals surface area contributed by atoms with Gasteiger partial charge in [-0.05, 0) is 42.0 Å². The van der Waals surface area contributed by atoms with Gasteiger partial charge in [0.2, 0.25) is 5.13 Å². The van der Waals surface area contributed by atoms with Crippen LogP contribution in [-0.2, 0) is 6.61 Å². The Kier molecular flexibility index (Phi) is 7.25. The average molecular weight is 533 g/mol. The number of hydrazone groups is 1. The third-order valence-electron chi connectivity index (χ3n) is 4.29. The van der Waals surface area contributed by atoms with Crippen molar-refractivity contribution in [2.75, 3.05) is 5.43 Å². The van der Waals surface area contributed by atoms with E-state index < -0.39 is 0 Å². The molecule has 4 nitrogen and oxygen atoms in total. The Labute approximate surface area is 202 Å². The highest BCUT2D eigenvalue weighted by molar-refractivity contribution is 9.10. The maximum atomic E-state index is 6.20. The number of ether oxygens (including phenoxy) is 1. The third-order valence-corrected chi connectivity index (χ3v) is 6.15. The van der Waals surface area contributed by atoms with Gasteiger partial charge in [-0.15, -0.1) is 11.3 Å². The minimum Gasteiger partial charge on any atom is -0.489 e. The molecule has 1 heterocycles. The second-order valence-electron chi connectivity index (χ2n) is 6.51. The first-order valence-corrected chi connectivity index (χ1v) is 11.7. The lowest BCUT2D eigenvalue weighted by Gasteiger charge is -2.08. The summed E-state index contributed by atoms with van der Waals surface area (Å²) < 4.78 is 6.89. The van der Waals surface area contributed by atoms with E-state index >= 15 is 0 Å². The Bertz CT molecular complexity index is 1210. The van der Waals surface area contributed by atoms with Crippen LogP contribution in [0.1, 0.15) is 11.1 Å². The van der Waals surface area contributed by atoms with Crippen molar-refractivity contribution in [2.24, 2.45) is 5.10 Å². The average Bonchev–Trinajstić information content (AvgIpc) is 3.23. The smallest absolute Gasteiger partial charge is 0.203 e. The van der Waals surface area contributed by atoms with Gasteiger partial charge in [0.05, 0.1) is 11.9 Å². The second kappa shape index (κ2) is 10.3. The van der Waals surface area contributed by atoms with Gasteiger partial charge in [-0.25, -0.2) is 4.98 Å². The zero-order chi connectivity index (χ0) is 21.6. The number of hydrogen-bond donors (Lipinski definition) is 1. The Morgan fingerprint density at radius 2 is 1.90 bits per heavy atom. The fourth-order valence-electron chi connectivity index (χ4n) is 2.72. The van der Waals surface area contributed by atoms with Gasteiger partial charge in [-0.3, -0.25) is 5.43 Å². The molecule has 0 saturated heterocycles. The Balaban J connectivity index is 1.36. The van der Waals surface area contributed by atoms with Gasteiger partial charge in [0, 0.05) is 31.0 Å². The van der Waals surface area contributed by atoms with Gasteiger partial charge in [0.25, 0.3) is 0 Å². The highest BCUT2D eigenvalue weighted by Gasteiger charge is 2.05. The summed E-state index contributed by atoms with van der Waals surface area (Å²) in [5.74, 6) is 0.724. The molecule has 0 fully saturated rings. The molecule has 1 N–H and O–H groups in total. The molecule has 0 aliphatic rings. The lowest BCUT2D eigenvalue weighted by molar-refractivity contribution is 0.306. The number of anilines is 1. The predicted octanol–water partition coefficient (Wildman–Crippen LogP) is 7.90. The summed E-state index contributed by atoms with van der Waals surface area (Å²) in [4.78, 5) is 4.57. The summed E-state index contributed by atoms with van der Waals surface area (Å²) in [5.41, 5.74) is 6.72. The van der Waals surface area contributed by atoms with E-state index in [1.165, 1.54) is 11.3 Å². The molecule has 31 heavy (non-hydrogen) atoms. The van der Waals surface area contributed by atoms with Crippen LogP contribution in [0, 0.1) is 0 Å². The summed E-state index contributed by atoms with van der Waals surface area (Å²) in [6.45, 7) is 0.354. The van der Waals surface area contributed by atoms with E-state index in [0.29, 0.717) is 16.7 Å². The SMILES string of the molecule is Clc1ccc(COc2cccc(/C=N\Nc3nc(-c4ccc(Br)cc4)cs3)c2)c(Cl)c1. The van der Waals surface area contributed by atoms with E-state index in [-0.39, 0.29) is 0 Å². The minimum atomic E-state index is 0.354. The Morgan fingerprint density at radius 1 is 1.06 bits per heavy atom. The van der Waals surface area contributed by atoms with Crippen molar-refractivity contribution in [3.63, 3.8) is 0 Å². The lowest BCUT2D eigenvalue weighted by atomic mass is 10.2. The third kappa shape index (κ3) is 6.08. The number of hydrogen-bond acceptors (Lipinski definition) is 5.